The molecule has 0 fully saturated rings. The summed E-state index contributed by atoms with van der Waals surface area (Å²) in [5.74, 6) is 0.501. The number of esters is 1. The van der Waals surface area contributed by atoms with Gasteiger partial charge in [0, 0.05) is 19.6 Å². The van der Waals surface area contributed by atoms with Gasteiger partial charge >= 0.3 is 5.97 Å². The number of ether oxygens (including phenoxy) is 2. The van der Waals surface area contributed by atoms with Crippen LogP contribution in [0.1, 0.15) is 12.5 Å². The molecule has 1 unspecified atom stereocenters. The third kappa shape index (κ3) is 5.59. The van der Waals surface area contributed by atoms with Gasteiger partial charge < -0.3 is 20.1 Å². The first kappa shape index (κ1) is 16.5. The first-order chi connectivity index (χ1) is 9.56. The molecular formula is C15H24N2O3. The van der Waals surface area contributed by atoms with E-state index in [2.05, 4.69) is 0 Å². The van der Waals surface area contributed by atoms with Crippen molar-refractivity contribution in [3.63, 3.8) is 0 Å². The summed E-state index contributed by atoms with van der Waals surface area (Å²) >= 11 is 0. The zero-order chi connectivity index (χ0) is 15.0. The Morgan fingerprint density at radius 1 is 1.45 bits per heavy atom. The summed E-state index contributed by atoms with van der Waals surface area (Å²) in [4.78, 5) is 13.4. The SMILES string of the molecule is COC(=O)C(C)CN(C)CCOc1cccc(CN)c1. The zero-order valence-electron chi connectivity index (χ0n) is 12.5. The molecule has 0 aliphatic heterocycles. The van der Waals surface area contributed by atoms with Crippen LogP contribution >= 0.6 is 0 Å². The van der Waals surface area contributed by atoms with Crippen LogP contribution in [0.25, 0.3) is 0 Å². The van der Waals surface area contributed by atoms with E-state index in [-0.39, 0.29) is 11.9 Å². The number of methoxy groups -OCH3 is 1. The molecule has 1 aromatic rings. The number of benzene rings is 1. The zero-order valence-corrected chi connectivity index (χ0v) is 12.5. The highest BCUT2D eigenvalue weighted by Crippen LogP contribution is 2.12. The standard InChI is InChI=1S/C15H24N2O3/c1-12(15(18)19-3)11-17(2)7-8-20-14-6-4-5-13(9-14)10-16/h4-6,9,12H,7-8,10-11,16H2,1-3H3. The summed E-state index contributed by atoms with van der Waals surface area (Å²) in [5, 5.41) is 0. The van der Waals surface area contributed by atoms with Gasteiger partial charge in [0.1, 0.15) is 12.4 Å². The molecule has 0 heterocycles. The van der Waals surface area contributed by atoms with Crippen LogP contribution in [0.4, 0.5) is 0 Å². The van der Waals surface area contributed by atoms with Gasteiger partial charge in [-0.2, -0.15) is 0 Å². The maximum atomic E-state index is 11.3. The van der Waals surface area contributed by atoms with Gasteiger partial charge in [-0.05, 0) is 24.7 Å². The second kappa shape index (κ2) is 8.55. The van der Waals surface area contributed by atoms with Crippen molar-refractivity contribution in [2.45, 2.75) is 13.5 Å². The van der Waals surface area contributed by atoms with Gasteiger partial charge in [0.2, 0.25) is 0 Å². The number of nitrogens with two attached hydrogens (primary N) is 1. The van der Waals surface area contributed by atoms with Gasteiger partial charge in [-0.3, -0.25) is 4.79 Å². The summed E-state index contributed by atoms with van der Waals surface area (Å²) in [6.07, 6.45) is 0. The summed E-state index contributed by atoms with van der Waals surface area (Å²) < 4.78 is 10.4. The van der Waals surface area contributed by atoms with Crippen LogP contribution < -0.4 is 10.5 Å². The minimum atomic E-state index is -0.187. The Kier molecular flexibility index (Phi) is 7.04. The quantitative estimate of drug-likeness (QED) is 0.726. The summed E-state index contributed by atoms with van der Waals surface area (Å²) in [6.45, 7) is 4.33. The number of likely N-dealkylation sites (N-methyl/N-ethyl adjacent to an activating group) is 1. The fraction of sp³-hybridized carbons (Fsp3) is 0.533. The van der Waals surface area contributed by atoms with Crippen molar-refractivity contribution in [1.29, 1.82) is 0 Å². The smallest absolute Gasteiger partial charge is 0.309 e. The van der Waals surface area contributed by atoms with E-state index < -0.39 is 0 Å². The van der Waals surface area contributed by atoms with Crippen molar-refractivity contribution < 1.29 is 14.3 Å². The first-order valence-electron chi connectivity index (χ1n) is 6.75. The molecule has 0 aromatic heterocycles. The lowest BCUT2D eigenvalue weighted by molar-refractivity contribution is -0.145. The highest BCUT2D eigenvalue weighted by atomic mass is 16.5. The number of hydrogen-bond acceptors (Lipinski definition) is 5. The normalized spacial score (nSPS) is 12.2. The number of rotatable bonds is 8. The van der Waals surface area contributed by atoms with Crippen molar-refractivity contribution in [3.05, 3.63) is 29.8 Å². The third-order valence-electron chi connectivity index (χ3n) is 3.06. The number of hydrogen-bond donors (Lipinski definition) is 1. The van der Waals surface area contributed by atoms with E-state index in [0.717, 1.165) is 17.9 Å². The average molecular weight is 280 g/mol. The fourth-order valence-corrected chi connectivity index (χ4v) is 1.92. The minimum absolute atomic E-state index is 0.134. The van der Waals surface area contributed by atoms with Crippen molar-refractivity contribution in [2.75, 3.05) is 33.9 Å². The first-order valence-corrected chi connectivity index (χ1v) is 6.75. The second-order valence-corrected chi connectivity index (χ2v) is 4.89. The Bertz CT molecular complexity index is 423. The largest absolute Gasteiger partial charge is 0.492 e. The molecule has 0 aliphatic rings. The maximum absolute atomic E-state index is 11.3. The predicted octanol–water partition coefficient (Wildman–Crippen LogP) is 1.26. The maximum Gasteiger partial charge on any atom is 0.309 e. The van der Waals surface area contributed by atoms with Gasteiger partial charge in [0.15, 0.2) is 0 Å². The predicted molar refractivity (Wildman–Crippen MR) is 78.5 cm³/mol. The molecule has 112 valence electrons. The lowest BCUT2D eigenvalue weighted by Crippen LogP contribution is -2.32. The lowest BCUT2D eigenvalue weighted by Gasteiger charge is -2.20. The number of carbonyl (C=O) groups is 1. The molecule has 1 aromatic carbocycles. The molecule has 5 nitrogen and oxygen atoms in total. The Morgan fingerprint density at radius 3 is 2.85 bits per heavy atom. The Labute approximate surface area is 120 Å². The summed E-state index contributed by atoms with van der Waals surface area (Å²) in [7, 11) is 3.37. The summed E-state index contributed by atoms with van der Waals surface area (Å²) in [5.41, 5.74) is 6.64. The minimum Gasteiger partial charge on any atom is -0.492 e. The summed E-state index contributed by atoms with van der Waals surface area (Å²) in [6, 6.07) is 7.75. The van der Waals surface area contributed by atoms with Crippen LogP contribution in [0.3, 0.4) is 0 Å². The van der Waals surface area contributed by atoms with Crippen LogP contribution in [0, 0.1) is 5.92 Å². The molecule has 5 heteroatoms. The van der Waals surface area contributed by atoms with E-state index in [1.54, 1.807) is 0 Å². The average Bonchev–Trinajstić information content (AvgIpc) is 2.46. The van der Waals surface area contributed by atoms with Crippen LogP contribution in [0.15, 0.2) is 24.3 Å². The molecule has 0 bridgehead atoms. The second-order valence-electron chi connectivity index (χ2n) is 4.89. The molecule has 1 rings (SSSR count). The van der Waals surface area contributed by atoms with Gasteiger partial charge in [0.25, 0.3) is 0 Å². The molecule has 0 saturated carbocycles. The van der Waals surface area contributed by atoms with E-state index in [0.29, 0.717) is 19.7 Å². The van der Waals surface area contributed by atoms with E-state index >= 15 is 0 Å². The molecule has 20 heavy (non-hydrogen) atoms. The van der Waals surface area contributed by atoms with Gasteiger partial charge in [-0.1, -0.05) is 19.1 Å². The Balaban J connectivity index is 2.31. The molecule has 0 spiro atoms. The van der Waals surface area contributed by atoms with Crippen molar-refractivity contribution in [2.24, 2.45) is 11.7 Å². The molecular weight excluding hydrogens is 256 g/mol. The number of nitrogens with zero attached hydrogens (tertiary/aromatic N) is 1. The molecule has 2 N–H and O–H groups in total. The van der Waals surface area contributed by atoms with Gasteiger partial charge in [-0.15, -0.1) is 0 Å². The van der Waals surface area contributed by atoms with E-state index in [1.165, 1.54) is 7.11 Å². The highest BCUT2D eigenvalue weighted by Gasteiger charge is 2.15. The van der Waals surface area contributed by atoms with Gasteiger partial charge in [0.05, 0.1) is 13.0 Å². The lowest BCUT2D eigenvalue weighted by atomic mass is 10.2. The molecule has 1 atom stereocenters. The molecule has 0 radical (unpaired) electrons. The van der Waals surface area contributed by atoms with E-state index in [1.807, 2.05) is 43.1 Å². The van der Waals surface area contributed by atoms with E-state index in [9.17, 15) is 4.79 Å². The number of carbonyl (C=O) groups excluding carboxylic acids is 1. The van der Waals surface area contributed by atoms with Crippen molar-refractivity contribution in [1.82, 2.24) is 4.90 Å². The van der Waals surface area contributed by atoms with E-state index in [4.69, 9.17) is 15.2 Å². The van der Waals surface area contributed by atoms with Crippen LogP contribution in [0.2, 0.25) is 0 Å². The highest BCUT2D eigenvalue weighted by molar-refractivity contribution is 5.72. The molecule has 0 amide bonds. The molecule has 0 aliphatic carbocycles. The Morgan fingerprint density at radius 2 is 2.20 bits per heavy atom. The topological polar surface area (TPSA) is 64.8 Å². The van der Waals surface area contributed by atoms with Gasteiger partial charge in [-0.25, -0.2) is 0 Å². The fourth-order valence-electron chi connectivity index (χ4n) is 1.92. The van der Waals surface area contributed by atoms with Crippen LogP contribution in [-0.4, -0.2) is 44.7 Å². The van der Waals surface area contributed by atoms with Crippen molar-refractivity contribution >= 4 is 5.97 Å². The van der Waals surface area contributed by atoms with Crippen LogP contribution in [-0.2, 0) is 16.1 Å². The third-order valence-corrected chi connectivity index (χ3v) is 3.06. The van der Waals surface area contributed by atoms with Crippen molar-refractivity contribution in [3.8, 4) is 5.75 Å². The molecule has 0 saturated heterocycles. The van der Waals surface area contributed by atoms with Crippen LogP contribution in [0.5, 0.6) is 5.75 Å². The Hall–Kier alpha value is -1.59. The monoisotopic (exact) mass is 280 g/mol.